The summed E-state index contributed by atoms with van der Waals surface area (Å²) in [6, 6.07) is 0. The van der Waals surface area contributed by atoms with Gasteiger partial charge in [-0.1, -0.05) is 0 Å². The first-order chi connectivity index (χ1) is 8.13. The normalized spacial score (nSPS) is 47.4. The van der Waals surface area contributed by atoms with Gasteiger partial charge in [-0.2, -0.15) is 0 Å². The number of nitrogens with one attached hydrogen (secondary N) is 1. The van der Waals surface area contributed by atoms with Crippen molar-refractivity contribution in [3.63, 3.8) is 0 Å². The first-order valence-electron chi connectivity index (χ1n) is 7.18. The second-order valence-electron chi connectivity index (χ2n) is 6.96. The van der Waals surface area contributed by atoms with Crippen molar-refractivity contribution >= 4 is 5.71 Å². The minimum atomic E-state index is 0.344. The minimum absolute atomic E-state index is 0.344. The van der Waals surface area contributed by atoms with Crippen molar-refractivity contribution in [2.45, 2.75) is 57.9 Å². The van der Waals surface area contributed by atoms with Crippen molar-refractivity contribution < 1.29 is 0 Å². The maximum absolute atomic E-state index is 5.18. The second kappa shape index (κ2) is 3.15. The van der Waals surface area contributed by atoms with E-state index in [4.69, 9.17) is 4.99 Å². The number of hydrogen-bond donors (Lipinski definition) is 1. The fourth-order valence-corrected chi connectivity index (χ4v) is 5.13. The fourth-order valence-electron chi connectivity index (χ4n) is 5.13. The summed E-state index contributed by atoms with van der Waals surface area (Å²) in [5.41, 5.74) is 4.26. The van der Waals surface area contributed by atoms with Crippen LogP contribution in [0.25, 0.3) is 0 Å². The van der Waals surface area contributed by atoms with E-state index in [1.165, 1.54) is 55.6 Å². The van der Waals surface area contributed by atoms with Crippen LogP contribution >= 0.6 is 0 Å². The highest BCUT2D eigenvalue weighted by Crippen LogP contribution is 2.57. The Bertz CT molecular complexity index is 395. The Morgan fingerprint density at radius 3 is 2.00 bits per heavy atom. The maximum atomic E-state index is 5.18. The molecule has 0 saturated heterocycles. The molecule has 4 bridgehead atoms. The van der Waals surface area contributed by atoms with Crippen LogP contribution < -0.4 is 5.32 Å². The lowest BCUT2D eigenvalue weighted by Crippen LogP contribution is -2.49. The van der Waals surface area contributed by atoms with Gasteiger partial charge < -0.3 is 5.32 Å². The van der Waals surface area contributed by atoms with Crippen molar-refractivity contribution in [3.8, 4) is 0 Å². The van der Waals surface area contributed by atoms with Gasteiger partial charge in [0.25, 0.3) is 0 Å². The smallest absolute Gasteiger partial charge is 0.0787 e. The van der Waals surface area contributed by atoms with Crippen LogP contribution in [0.5, 0.6) is 0 Å². The molecule has 0 spiro atoms. The summed E-state index contributed by atoms with van der Waals surface area (Å²) >= 11 is 0. The van der Waals surface area contributed by atoms with Crippen molar-refractivity contribution in [3.05, 3.63) is 11.4 Å². The first kappa shape index (κ1) is 10.2. The molecule has 0 amide bonds. The standard InChI is InChI=1S/C15H22N2/c1-9-14(16-9)10(2)17-15-6-11-3-12(7-15)5-13(4-11)8-15/h11-13,16H,3-8H2,1-2H3. The summed E-state index contributed by atoms with van der Waals surface area (Å²) in [4.78, 5) is 5.18. The minimum Gasteiger partial charge on any atom is -0.354 e. The third kappa shape index (κ3) is 1.56. The van der Waals surface area contributed by atoms with Crippen LogP contribution in [0.4, 0.5) is 0 Å². The number of allylic oxidation sites excluding steroid dienone is 2. The van der Waals surface area contributed by atoms with Crippen LogP contribution in [0.3, 0.4) is 0 Å². The number of rotatable bonds is 2. The van der Waals surface area contributed by atoms with E-state index in [0.717, 1.165) is 17.8 Å². The lowest BCUT2D eigenvalue weighted by Gasteiger charge is -2.55. The Kier molecular flexibility index (Phi) is 1.88. The lowest BCUT2D eigenvalue weighted by molar-refractivity contribution is 0.00169. The molecule has 2 heteroatoms. The van der Waals surface area contributed by atoms with Gasteiger partial charge in [-0.15, -0.1) is 0 Å². The molecule has 5 aliphatic rings. The molecule has 0 unspecified atom stereocenters. The topological polar surface area (TPSA) is 34.3 Å². The lowest BCUT2D eigenvalue weighted by atomic mass is 9.53. The Morgan fingerprint density at radius 1 is 1.12 bits per heavy atom. The van der Waals surface area contributed by atoms with Gasteiger partial charge in [-0.05, 0) is 70.1 Å². The van der Waals surface area contributed by atoms with E-state index >= 15 is 0 Å². The van der Waals surface area contributed by atoms with Crippen LogP contribution in [0.2, 0.25) is 0 Å². The molecule has 5 rings (SSSR count). The average Bonchev–Trinajstić information content (AvgIpc) is 2.92. The molecule has 17 heavy (non-hydrogen) atoms. The molecular formula is C15H22N2. The molecule has 4 fully saturated rings. The molecule has 0 aromatic carbocycles. The molecule has 0 aromatic heterocycles. The van der Waals surface area contributed by atoms with E-state index in [9.17, 15) is 0 Å². The SMILES string of the molecule is CC(=NC12CC3CC(CC(C3)C1)C2)C1=C(C)N1. The third-order valence-electron chi connectivity index (χ3n) is 5.40. The van der Waals surface area contributed by atoms with Crippen LogP contribution in [0.1, 0.15) is 52.4 Å². The van der Waals surface area contributed by atoms with E-state index in [0.29, 0.717) is 5.54 Å². The summed E-state index contributed by atoms with van der Waals surface area (Å²) in [5.74, 6) is 3.00. The maximum Gasteiger partial charge on any atom is 0.0787 e. The molecule has 1 N–H and O–H groups in total. The zero-order chi connectivity index (χ0) is 11.6. The molecule has 1 heterocycles. The van der Waals surface area contributed by atoms with Crippen molar-refractivity contribution in [1.82, 2.24) is 5.32 Å². The molecule has 0 radical (unpaired) electrons. The van der Waals surface area contributed by atoms with E-state index in [1.54, 1.807) is 0 Å². The highest BCUT2D eigenvalue weighted by molar-refractivity contribution is 6.02. The predicted molar refractivity (Wildman–Crippen MR) is 69.8 cm³/mol. The van der Waals surface area contributed by atoms with Gasteiger partial charge in [0, 0.05) is 5.70 Å². The quantitative estimate of drug-likeness (QED) is 0.726. The zero-order valence-electron chi connectivity index (χ0n) is 10.9. The molecule has 4 saturated carbocycles. The Labute approximate surface area is 104 Å². The summed E-state index contributed by atoms with van der Waals surface area (Å²) in [6.45, 7) is 4.34. The van der Waals surface area contributed by atoms with E-state index in [2.05, 4.69) is 19.2 Å². The van der Waals surface area contributed by atoms with Crippen LogP contribution in [-0.2, 0) is 0 Å². The van der Waals surface area contributed by atoms with Gasteiger partial charge in [-0.25, -0.2) is 0 Å². The van der Waals surface area contributed by atoms with Gasteiger partial charge in [0.2, 0.25) is 0 Å². The van der Waals surface area contributed by atoms with Crippen LogP contribution in [0.15, 0.2) is 16.4 Å². The number of hydrogen-bond acceptors (Lipinski definition) is 2. The predicted octanol–water partition coefficient (Wildman–Crippen LogP) is 3.25. The first-order valence-corrected chi connectivity index (χ1v) is 7.18. The second-order valence-corrected chi connectivity index (χ2v) is 6.96. The van der Waals surface area contributed by atoms with E-state index in [1.807, 2.05) is 0 Å². The van der Waals surface area contributed by atoms with Gasteiger partial charge in [0.05, 0.1) is 16.9 Å². The number of aliphatic imine (C=N–C) groups is 1. The Morgan fingerprint density at radius 2 is 1.59 bits per heavy atom. The highest BCUT2D eigenvalue weighted by atomic mass is 15.1. The zero-order valence-corrected chi connectivity index (χ0v) is 10.9. The van der Waals surface area contributed by atoms with Gasteiger partial charge in [0.15, 0.2) is 0 Å². The summed E-state index contributed by atoms with van der Waals surface area (Å²) in [6.07, 6.45) is 8.66. The molecule has 4 aliphatic carbocycles. The van der Waals surface area contributed by atoms with Gasteiger partial charge in [-0.3, -0.25) is 4.99 Å². The molecule has 0 aromatic rings. The van der Waals surface area contributed by atoms with Gasteiger partial charge in [0.1, 0.15) is 0 Å². The van der Waals surface area contributed by atoms with Crippen LogP contribution in [-0.4, -0.2) is 11.3 Å². The Balaban J connectivity index is 1.64. The van der Waals surface area contributed by atoms with E-state index in [-0.39, 0.29) is 0 Å². The monoisotopic (exact) mass is 230 g/mol. The summed E-state index contributed by atoms with van der Waals surface area (Å²) in [5, 5.41) is 3.32. The highest BCUT2D eigenvalue weighted by Gasteiger charge is 2.51. The fraction of sp³-hybridized carbons (Fsp3) is 0.800. The summed E-state index contributed by atoms with van der Waals surface area (Å²) < 4.78 is 0. The largest absolute Gasteiger partial charge is 0.354 e. The van der Waals surface area contributed by atoms with Crippen molar-refractivity contribution in [2.24, 2.45) is 22.7 Å². The molecule has 92 valence electrons. The molecule has 0 atom stereocenters. The van der Waals surface area contributed by atoms with Crippen LogP contribution in [0, 0.1) is 17.8 Å². The molecule has 2 nitrogen and oxygen atoms in total. The average molecular weight is 230 g/mol. The van der Waals surface area contributed by atoms with Gasteiger partial charge >= 0.3 is 0 Å². The number of nitrogens with zero attached hydrogens (tertiary/aromatic N) is 1. The van der Waals surface area contributed by atoms with Crippen molar-refractivity contribution in [2.75, 3.05) is 0 Å². The third-order valence-corrected chi connectivity index (χ3v) is 5.40. The molecular weight excluding hydrogens is 208 g/mol. The Hall–Kier alpha value is -0.790. The van der Waals surface area contributed by atoms with E-state index < -0.39 is 0 Å². The molecule has 1 aliphatic heterocycles. The van der Waals surface area contributed by atoms with Crippen molar-refractivity contribution in [1.29, 1.82) is 0 Å². The summed E-state index contributed by atoms with van der Waals surface area (Å²) in [7, 11) is 0.